The minimum absolute atomic E-state index is 0.165. The van der Waals surface area contributed by atoms with Crippen LogP contribution in [0.15, 0.2) is 55.1 Å². The molecule has 3 heterocycles. The molecule has 0 bridgehead atoms. The summed E-state index contributed by atoms with van der Waals surface area (Å²) in [5.41, 5.74) is 0.329. The first-order valence-electron chi connectivity index (χ1n) is 9.83. The zero-order chi connectivity index (χ0) is 22.6. The van der Waals surface area contributed by atoms with Gasteiger partial charge in [0.2, 0.25) is 27.7 Å². The number of rotatable bonds is 8. The van der Waals surface area contributed by atoms with Crippen LogP contribution < -0.4 is 9.46 Å². The van der Waals surface area contributed by atoms with E-state index in [2.05, 4.69) is 19.9 Å². The lowest BCUT2D eigenvalue weighted by atomic mass is 10.1. The van der Waals surface area contributed by atoms with Gasteiger partial charge in [0.05, 0.1) is 5.75 Å². The molecular weight excluding hydrogens is 436 g/mol. The topological polar surface area (TPSA) is 136 Å². The number of imidazole rings is 1. The van der Waals surface area contributed by atoms with E-state index >= 15 is 0 Å². The van der Waals surface area contributed by atoms with Gasteiger partial charge in [-0.2, -0.15) is 0 Å². The van der Waals surface area contributed by atoms with Crippen LogP contribution in [0.3, 0.4) is 0 Å². The molecule has 1 aliphatic heterocycles. The van der Waals surface area contributed by atoms with Crippen LogP contribution in [-0.2, 0) is 19.6 Å². The number of ether oxygens (including phenoxy) is 1. The zero-order valence-corrected chi connectivity index (χ0v) is 17.7. The Morgan fingerprint density at radius 2 is 1.75 bits per heavy atom. The Bertz CT molecular complexity index is 1180. The number of piperidine rings is 1. The van der Waals surface area contributed by atoms with Crippen molar-refractivity contribution >= 4 is 27.5 Å². The molecule has 0 radical (unpaired) electrons. The summed E-state index contributed by atoms with van der Waals surface area (Å²) in [6, 6.07) is 9.63. The quantitative estimate of drug-likeness (QED) is 0.506. The predicted octanol–water partition coefficient (Wildman–Crippen LogP) is 1.74. The van der Waals surface area contributed by atoms with Crippen molar-refractivity contribution in [2.45, 2.75) is 19.3 Å². The number of benzene rings is 1. The van der Waals surface area contributed by atoms with Crippen LogP contribution in [0, 0.1) is 0 Å². The average molecular weight is 456 g/mol. The van der Waals surface area contributed by atoms with E-state index in [-0.39, 0.29) is 42.8 Å². The Labute approximate surface area is 184 Å². The molecule has 2 amide bonds. The lowest BCUT2D eigenvalue weighted by Gasteiger charge is -2.24. The number of imide groups is 1. The maximum Gasteiger partial charge on any atom is 0.238 e. The Morgan fingerprint density at radius 3 is 2.38 bits per heavy atom. The summed E-state index contributed by atoms with van der Waals surface area (Å²) in [6.07, 6.45) is 6.01. The molecule has 2 aromatic heterocycles. The molecule has 1 aromatic carbocycles. The van der Waals surface area contributed by atoms with Crippen LogP contribution in [0.2, 0.25) is 0 Å². The van der Waals surface area contributed by atoms with Gasteiger partial charge in [0, 0.05) is 43.5 Å². The molecule has 166 valence electrons. The Hall–Kier alpha value is -3.80. The number of nitrogens with one attached hydrogen (secondary N) is 1. The molecule has 1 aliphatic rings. The molecule has 11 nitrogen and oxygen atoms in total. The number of anilines is 1. The summed E-state index contributed by atoms with van der Waals surface area (Å²) < 4.78 is 34.5. The highest BCUT2D eigenvalue weighted by Crippen LogP contribution is 2.22. The fraction of sp³-hybridized carbons (Fsp3) is 0.250. The van der Waals surface area contributed by atoms with Gasteiger partial charge in [0.25, 0.3) is 0 Å². The third kappa shape index (κ3) is 5.27. The van der Waals surface area contributed by atoms with Gasteiger partial charge in [-0.05, 0) is 36.8 Å². The Balaban J connectivity index is 1.33. The van der Waals surface area contributed by atoms with Gasteiger partial charge in [-0.3, -0.25) is 23.8 Å². The number of nitrogens with zero attached hydrogens (tertiary/aromatic N) is 5. The second-order valence-corrected chi connectivity index (χ2v) is 8.88. The molecule has 0 unspecified atom stereocenters. The van der Waals surface area contributed by atoms with E-state index in [1.54, 1.807) is 47.6 Å². The van der Waals surface area contributed by atoms with E-state index in [0.29, 0.717) is 23.7 Å². The van der Waals surface area contributed by atoms with Gasteiger partial charge in [0.1, 0.15) is 12.1 Å². The standard InChI is InChI=1S/C20H20N6O5S/c27-19-2-1-3-20(28)26(19)12-13-32(29,30)24-15-4-6-16(7-5-15)31-18-9-8-17(22-23-18)25-11-10-21-14-25/h4-11,14,24H,1-3,12-13H2. The molecule has 1 fully saturated rings. The molecule has 0 saturated carbocycles. The van der Waals surface area contributed by atoms with Crippen LogP contribution in [0.5, 0.6) is 11.6 Å². The van der Waals surface area contributed by atoms with Gasteiger partial charge in [-0.25, -0.2) is 13.4 Å². The molecular formula is C20H20N6O5S. The van der Waals surface area contributed by atoms with Crippen LogP contribution in [0.1, 0.15) is 19.3 Å². The lowest BCUT2D eigenvalue weighted by Crippen LogP contribution is -2.43. The van der Waals surface area contributed by atoms with Gasteiger partial charge in [0.15, 0.2) is 5.82 Å². The van der Waals surface area contributed by atoms with Gasteiger partial charge in [-0.1, -0.05) is 0 Å². The number of sulfonamides is 1. The van der Waals surface area contributed by atoms with Gasteiger partial charge < -0.3 is 4.74 Å². The van der Waals surface area contributed by atoms with Gasteiger partial charge in [-0.15, -0.1) is 10.2 Å². The van der Waals surface area contributed by atoms with E-state index in [4.69, 9.17) is 4.74 Å². The zero-order valence-electron chi connectivity index (χ0n) is 16.9. The fourth-order valence-electron chi connectivity index (χ4n) is 3.10. The summed E-state index contributed by atoms with van der Waals surface area (Å²) in [5, 5.41) is 8.06. The van der Waals surface area contributed by atoms with Crippen LogP contribution >= 0.6 is 0 Å². The summed E-state index contributed by atoms with van der Waals surface area (Å²) in [5.74, 6) is 0.271. The number of likely N-dealkylation sites (tertiary alicyclic amines) is 1. The largest absolute Gasteiger partial charge is 0.438 e. The number of hydrogen-bond acceptors (Lipinski definition) is 8. The lowest BCUT2D eigenvalue weighted by molar-refractivity contribution is -0.147. The molecule has 1 N–H and O–H groups in total. The number of amides is 2. The highest BCUT2D eigenvalue weighted by Gasteiger charge is 2.27. The third-order valence-electron chi connectivity index (χ3n) is 4.71. The van der Waals surface area contributed by atoms with Gasteiger partial charge >= 0.3 is 0 Å². The molecule has 12 heteroatoms. The number of carbonyl (C=O) groups is 2. The van der Waals surface area contributed by atoms with Crippen molar-refractivity contribution in [3.8, 4) is 17.4 Å². The Morgan fingerprint density at radius 1 is 1.00 bits per heavy atom. The molecule has 4 rings (SSSR count). The predicted molar refractivity (Wildman–Crippen MR) is 114 cm³/mol. The van der Waals surface area contributed by atoms with Crippen LogP contribution in [0.4, 0.5) is 5.69 Å². The van der Waals surface area contributed by atoms with Crippen molar-refractivity contribution in [1.29, 1.82) is 0 Å². The fourth-order valence-corrected chi connectivity index (χ4v) is 4.12. The van der Waals surface area contributed by atoms with Crippen molar-refractivity contribution in [3.05, 3.63) is 55.1 Å². The maximum atomic E-state index is 12.3. The highest BCUT2D eigenvalue weighted by atomic mass is 32.2. The van der Waals surface area contributed by atoms with E-state index in [1.807, 2.05) is 0 Å². The second kappa shape index (κ2) is 9.14. The molecule has 0 spiro atoms. The van der Waals surface area contributed by atoms with Crippen molar-refractivity contribution in [2.75, 3.05) is 17.0 Å². The molecule has 0 aliphatic carbocycles. The summed E-state index contributed by atoms with van der Waals surface area (Å²) in [7, 11) is -3.75. The highest BCUT2D eigenvalue weighted by molar-refractivity contribution is 7.92. The first-order chi connectivity index (χ1) is 15.4. The molecule has 3 aromatic rings. The Kier molecular flexibility index (Phi) is 6.12. The first-order valence-corrected chi connectivity index (χ1v) is 11.5. The normalized spacial score (nSPS) is 14.4. The minimum atomic E-state index is -3.75. The van der Waals surface area contributed by atoms with Crippen LogP contribution in [-0.4, -0.2) is 57.2 Å². The van der Waals surface area contributed by atoms with Crippen molar-refractivity contribution in [1.82, 2.24) is 24.6 Å². The second-order valence-electron chi connectivity index (χ2n) is 7.04. The van der Waals surface area contributed by atoms with E-state index in [1.165, 1.54) is 12.1 Å². The SMILES string of the molecule is O=C1CCCC(=O)N1CCS(=O)(=O)Nc1ccc(Oc2ccc(-n3ccnc3)nn2)cc1. The number of carbonyl (C=O) groups excluding carboxylic acids is 2. The summed E-state index contributed by atoms with van der Waals surface area (Å²) >= 11 is 0. The van der Waals surface area contributed by atoms with Crippen molar-refractivity contribution in [3.63, 3.8) is 0 Å². The molecule has 1 saturated heterocycles. The van der Waals surface area contributed by atoms with Crippen LogP contribution in [0.25, 0.3) is 5.82 Å². The summed E-state index contributed by atoms with van der Waals surface area (Å²) in [4.78, 5) is 28.6. The number of hydrogen-bond donors (Lipinski definition) is 1. The first kappa shape index (κ1) is 21.4. The monoisotopic (exact) mass is 456 g/mol. The smallest absolute Gasteiger partial charge is 0.238 e. The van der Waals surface area contributed by atoms with Crippen molar-refractivity contribution < 1.29 is 22.7 Å². The molecule has 32 heavy (non-hydrogen) atoms. The van der Waals surface area contributed by atoms with E-state index in [9.17, 15) is 18.0 Å². The average Bonchev–Trinajstić information content (AvgIpc) is 3.30. The molecule has 0 atom stereocenters. The third-order valence-corrected chi connectivity index (χ3v) is 5.98. The summed E-state index contributed by atoms with van der Waals surface area (Å²) in [6.45, 7) is -0.165. The van der Waals surface area contributed by atoms with E-state index in [0.717, 1.165) is 4.90 Å². The van der Waals surface area contributed by atoms with Crippen molar-refractivity contribution in [2.24, 2.45) is 0 Å². The maximum absolute atomic E-state index is 12.3. The minimum Gasteiger partial charge on any atom is -0.438 e. The van der Waals surface area contributed by atoms with E-state index < -0.39 is 10.0 Å². The number of aromatic nitrogens is 4.